The summed E-state index contributed by atoms with van der Waals surface area (Å²) in [4.78, 5) is 30.8. The van der Waals surface area contributed by atoms with Crippen LogP contribution in [0.25, 0.3) is 4.85 Å². The molecule has 0 bridgehead atoms. The molecule has 4 saturated carbocycles. The molecule has 5 rings (SSSR count). The van der Waals surface area contributed by atoms with Gasteiger partial charge in [0.15, 0.2) is 5.78 Å². The number of Topliss-reactive ketones (excluding diaryl/α,β-unsaturated/α-hetero) is 2. The van der Waals surface area contributed by atoms with Crippen molar-refractivity contribution >= 4 is 11.6 Å². The number of hydrogen-bond acceptors (Lipinski definition) is 2. The van der Waals surface area contributed by atoms with Gasteiger partial charge in [-0.15, -0.1) is 0 Å². The molecule has 4 fully saturated rings. The number of halogens is 2. The van der Waals surface area contributed by atoms with Crippen LogP contribution in [0, 0.1) is 63.2 Å². The second-order valence-electron chi connectivity index (χ2n) is 15.2. The van der Waals surface area contributed by atoms with E-state index in [4.69, 9.17) is 6.57 Å². The molecule has 3 nitrogen and oxygen atoms in total. The number of nitrogens with zero attached hydrogens (tertiary/aromatic N) is 1. The minimum atomic E-state index is -2.44. The molecular formula is C34H47F2NO2. The highest BCUT2D eigenvalue weighted by atomic mass is 19.3. The van der Waals surface area contributed by atoms with Crippen molar-refractivity contribution in [2.45, 2.75) is 112 Å². The third-order valence-corrected chi connectivity index (χ3v) is 13.6. The van der Waals surface area contributed by atoms with E-state index in [0.717, 1.165) is 56.9 Å². The largest absolute Gasteiger partial charge is 0.307 e. The van der Waals surface area contributed by atoms with Crippen molar-refractivity contribution in [3.05, 3.63) is 35.3 Å². The number of allylic oxidation sites excluding steroid dienone is 3. The lowest BCUT2D eigenvalue weighted by Crippen LogP contribution is -2.66. The van der Waals surface area contributed by atoms with Crippen LogP contribution in [0.1, 0.15) is 106 Å². The Morgan fingerprint density at radius 1 is 1.03 bits per heavy atom. The first-order valence-electron chi connectivity index (χ1n) is 15.2. The maximum absolute atomic E-state index is 13.8. The van der Waals surface area contributed by atoms with Crippen LogP contribution in [-0.4, -0.2) is 18.0 Å². The predicted octanol–water partition coefficient (Wildman–Crippen LogP) is 8.85. The van der Waals surface area contributed by atoms with Crippen molar-refractivity contribution in [2.24, 2.45) is 56.7 Å². The van der Waals surface area contributed by atoms with Gasteiger partial charge in [-0.25, -0.2) is 13.6 Å². The summed E-state index contributed by atoms with van der Waals surface area (Å²) >= 11 is 0. The molecule has 1 unspecified atom stereocenters. The van der Waals surface area contributed by atoms with Crippen molar-refractivity contribution in [2.75, 3.05) is 0 Å². The fourth-order valence-electron chi connectivity index (χ4n) is 11.7. The van der Waals surface area contributed by atoms with Gasteiger partial charge in [-0.2, -0.15) is 0 Å². The normalized spacial score (nSPS) is 46.3. The highest BCUT2D eigenvalue weighted by Gasteiger charge is 2.71. The van der Waals surface area contributed by atoms with Crippen molar-refractivity contribution < 1.29 is 18.4 Å². The molecule has 0 spiro atoms. The zero-order chi connectivity index (χ0) is 28.8. The fourth-order valence-corrected chi connectivity index (χ4v) is 11.7. The van der Waals surface area contributed by atoms with E-state index < -0.39 is 17.3 Å². The molecule has 5 aliphatic rings. The molecule has 0 aliphatic heterocycles. The molecule has 5 heteroatoms. The van der Waals surface area contributed by atoms with Crippen molar-refractivity contribution in [3.63, 3.8) is 0 Å². The Morgan fingerprint density at radius 2 is 1.72 bits per heavy atom. The van der Waals surface area contributed by atoms with Gasteiger partial charge in [-0.05, 0) is 104 Å². The lowest BCUT2D eigenvalue weighted by Gasteiger charge is -2.71. The predicted molar refractivity (Wildman–Crippen MR) is 150 cm³/mol. The molecule has 0 amide bonds. The Labute approximate surface area is 234 Å². The third kappa shape index (κ3) is 3.68. The van der Waals surface area contributed by atoms with Crippen LogP contribution < -0.4 is 0 Å². The van der Waals surface area contributed by atoms with Gasteiger partial charge >= 0.3 is 0 Å². The Balaban J connectivity index is 1.57. The minimum Gasteiger partial charge on any atom is -0.307 e. The molecule has 214 valence electrons. The van der Waals surface area contributed by atoms with E-state index in [1.165, 1.54) is 0 Å². The molecule has 0 radical (unpaired) electrons. The molecule has 9 atom stereocenters. The van der Waals surface area contributed by atoms with E-state index in [0.29, 0.717) is 17.5 Å². The number of alkyl halides is 2. The first-order valence-corrected chi connectivity index (χ1v) is 15.2. The van der Waals surface area contributed by atoms with E-state index >= 15 is 0 Å². The zero-order valence-corrected chi connectivity index (χ0v) is 24.8. The van der Waals surface area contributed by atoms with Gasteiger partial charge in [0.1, 0.15) is 5.78 Å². The summed E-state index contributed by atoms with van der Waals surface area (Å²) in [5.74, 6) is 1.38. The van der Waals surface area contributed by atoms with Gasteiger partial charge in [-0.3, -0.25) is 4.79 Å². The summed E-state index contributed by atoms with van der Waals surface area (Å²) in [7, 11) is 0. The Hall–Kier alpha value is -1.83. The molecule has 0 aromatic rings. The molecule has 0 heterocycles. The van der Waals surface area contributed by atoms with Gasteiger partial charge in [-0.1, -0.05) is 52.8 Å². The zero-order valence-electron chi connectivity index (χ0n) is 24.8. The van der Waals surface area contributed by atoms with Crippen LogP contribution in [0.5, 0.6) is 0 Å². The topological polar surface area (TPSA) is 38.5 Å². The van der Waals surface area contributed by atoms with Crippen LogP contribution in [0.15, 0.2) is 23.9 Å². The van der Waals surface area contributed by atoms with Crippen LogP contribution in [0.3, 0.4) is 0 Å². The summed E-state index contributed by atoms with van der Waals surface area (Å²) < 4.78 is 26.3. The van der Waals surface area contributed by atoms with Crippen LogP contribution in [-0.2, 0) is 9.59 Å². The molecular weight excluding hydrogens is 492 g/mol. The standard InChI is InChI=1S/C34H47F2NO2/c1-20(2)21-13-16-34(26(38)11-12-27(35)36)18-17-32(6)22(28(21)34)9-10-25-31(5)19-23(37-8)29(39)30(3,4)24(31)14-15-33(25,32)7/h19,21-22,24-25,27-28H,1,9-18H2,2-7H3/t21?,22-,24+,25-,28-,31+,32-,33-,34-/m1/s1. The third-order valence-electron chi connectivity index (χ3n) is 13.6. The van der Waals surface area contributed by atoms with Crippen molar-refractivity contribution in [1.29, 1.82) is 0 Å². The summed E-state index contributed by atoms with van der Waals surface area (Å²) in [5.41, 5.74) is 0.150. The highest BCUT2D eigenvalue weighted by molar-refractivity contribution is 6.02. The minimum absolute atomic E-state index is 0.00165. The van der Waals surface area contributed by atoms with Gasteiger partial charge in [0.2, 0.25) is 12.1 Å². The Bertz CT molecular complexity index is 1160. The molecule has 0 aromatic heterocycles. The van der Waals surface area contributed by atoms with Crippen LogP contribution in [0.4, 0.5) is 8.78 Å². The second kappa shape index (κ2) is 9.09. The number of hydrogen-bond donors (Lipinski definition) is 0. The maximum atomic E-state index is 13.8. The SMILES string of the molecule is [C-]#[N+]C1=C[C@]2(C)[C@H]3CC[C@@H]4[C@H]5C(C(=C)C)CC[C@]5(C(=O)CCC(F)F)CC[C@@]4(C)[C@]3(C)CC[C@H]2C(C)(C)C1=O. The Morgan fingerprint density at radius 3 is 2.33 bits per heavy atom. The van der Waals surface area contributed by atoms with E-state index in [9.17, 15) is 18.4 Å². The van der Waals surface area contributed by atoms with Gasteiger partial charge in [0.25, 0.3) is 0 Å². The summed E-state index contributed by atoms with van der Waals surface area (Å²) in [6.45, 7) is 25.6. The van der Waals surface area contributed by atoms with E-state index in [1.54, 1.807) is 0 Å². The van der Waals surface area contributed by atoms with E-state index in [1.807, 2.05) is 13.8 Å². The average Bonchev–Trinajstić information content (AvgIpc) is 3.26. The average molecular weight is 540 g/mol. The van der Waals surface area contributed by atoms with Crippen LogP contribution in [0.2, 0.25) is 0 Å². The number of fused-ring (bicyclic) bond motifs is 7. The number of rotatable bonds is 5. The summed E-state index contributed by atoms with van der Waals surface area (Å²) in [5, 5.41) is 0. The van der Waals surface area contributed by atoms with Crippen molar-refractivity contribution in [1.82, 2.24) is 0 Å². The molecule has 0 saturated heterocycles. The Kier molecular flexibility index (Phi) is 6.68. The van der Waals surface area contributed by atoms with Gasteiger partial charge in [0, 0.05) is 23.7 Å². The molecule has 0 aromatic carbocycles. The highest BCUT2D eigenvalue weighted by Crippen LogP contribution is 2.77. The van der Waals surface area contributed by atoms with Crippen molar-refractivity contribution in [3.8, 4) is 0 Å². The number of carbonyl (C=O) groups excluding carboxylic acids is 2. The monoisotopic (exact) mass is 539 g/mol. The summed E-state index contributed by atoms with van der Waals surface area (Å²) in [6.07, 6.45) is 6.72. The first-order chi connectivity index (χ1) is 18.1. The smallest absolute Gasteiger partial charge is 0.239 e. The van der Waals surface area contributed by atoms with Gasteiger partial charge in [0.05, 0.1) is 6.57 Å². The summed E-state index contributed by atoms with van der Waals surface area (Å²) in [6, 6.07) is 0. The maximum Gasteiger partial charge on any atom is 0.239 e. The van der Waals surface area contributed by atoms with E-state index in [2.05, 4.69) is 45.2 Å². The lowest BCUT2D eigenvalue weighted by molar-refractivity contribution is -0.217. The fraction of sp³-hybridized carbons (Fsp3) is 0.794. The first kappa shape index (κ1) is 28.7. The molecule has 5 aliphatic carbocycles. The number of ketones is 2. The van der Waals surface area contributed by atoms with E-state index in [-0.39, 0.29) is 58.4 Å². The molecule has 0 N–H and O–H groups in total. The number of carbonyl (C=O) groups is 2. The quantitative estimate of drug-likeness (QED) is 0.259. The molecule has 39 heavy (non-hydrogen) atoms. The second-order valence-corrected chi connectivity index (χ2v) is 15.2. The van der Waals surface area contributed by atoms with Crippen LogP contribution >= 0.6 is 0 Å². The lowest BCUT2D eigenvalue weighted by atomic mass is 9.32. The van der Waals surface area contributed by atoms with Gasteiger partial charge < -0.3 is 4.79 Å².